The molecule has 2 fully saturated rings. The molecule has 7 nitrogen and oxygen atoms in total. The molecule has 0 radical (unpaired) electrons. The molecule has 2 aliphatic heterocycles. The van der Waals surface area contributed by atoms with Gasteiger partial charge in [0.2, 0.25) is 10.0 Å². The van der Waals surface area contributed by atoms with Gasteiger partial charge in [-0.05, 0) is 68.0 Å². The molecule has 2 heterocycles. The molecule has 2 saturated heterocycles. The Kier molecular flexibility index (Phi) is 7.40. The number of morpholine rings is 1. The first-order chi connectivity index (χ1) is 15.5. The molecule has 0 saturated carbocycles. The van der Waals surface area contributed by atoms with E-state index in [4.69, 9.17) is 4.74 Å². The summed E-state index contributed by atoms with van der Waals surface area (Å²) in [5.41, 5.74) is 1.92. The predicted octanol–water partition coefficient (Wildman–Crippen LogP) is 3.67. The first kappa shape index (κ1) is 23.1. The molecule has 32 heavy (non-hydrogen) atoms. The van der Waals surface area contributed by atoms with Crippen molar-refractivity contribution in [2.75, 3.05) is 55.9 Å². The molecule has 0 unspecified atom stereocenters. The van der Waals surface area contributed by atoms with E-state index >= 15 is 0 Å². The van der Waals surface area contributed by atoms with E-state index in [0.29, 0.717) is 37.6 Å². The van der Waals surface area contributed by atoms with Crippen molar-refractivity contribution in [1.29, 1.82) is 0 Å². The third-order valence-electron chi connectivity index (χ3n) is 5.87. The lowest BCUT2D eigenvalue weighted by Gasteiger charge is -2.31. The number of nitrogens with one attached hydrogen (secondary N) is 1. The third kappa shape index (κ3) is 5.11. The van der Waals surface area contributed by atoms with Gasteiger partial charge in [-0.25, -0.2) is 8.42 Å². The van der Waals surface area contributed by atoms with Gasteiger partial charge in [0, 0.05) is 36.6 Å². The summed E-state index contributed by atoms with van der Waals surface area (Å²) in [4.78, 5) is 16.5. The number of sulfonamides is 1. The molecule has 0 bridgehead atoms. The zero-order valence-corrected chi connectivity index (χ0v) is 19.9. The van der Waals surface area contributed by atoms with Crippen LogP contribution in [0.25, 0.3) is 0 Å². The standard InChI is InChI=1S/C23H29N3O4S2/c1-31-19-7-5-18(6-8-19)23(27)24-21-17-20(32(28,29)26-13-15-30-16-14-26)9-10-22(21)25-11-3-2-4-12-25/h5-10,17H,2-4,11-16H2,1H3,(H,24,27). The van der Waals surface area contributed by atoms with Crippen LogP contribution in [0.4, 0.5) is 11.4 Å². The van der Waals surface area contributed by atoms with Crippen molar-refractivity contribution in [2.24, 2.45) is 0 Å². The fourth-order valence-electron chi connectivity index (χ4n) is 4.06. The lowest BCUT2D eigenvalue weighted by atomic mass is 10.1. The molecule has 2 aliphatic rings. The number of hydrogen-bond acceptors (Lipinski definition) is 6. The summed E-state index contributed by atoms with van der Waals surface area (Å²) in [5.74, 6) is -0.253. The van der Waals surface area contributed by atoms with E-state index in [0.717, 1.165) is 36.5 Å². The summed E-state index contributed by atoms with van der Waals surface area (Å²) in [5, 5.41) is 2.98. The topological polar surface area (TPSA) is 79.0 Å². The van der Waals surface area contributed by atoms with Crippen LogP contribution in [-0.2, 0) is 14.8 Å². The SMILES string of the molecule is CSc1ccc(C(=O)Nc2cc(S(=O)(=O)N3CCOCC3)ccc2N2CCCCC2)cc1. The lowest BCUT2D eigenvalue weighted by Crippen LogP contribution is -2.40. The number of benzene rings is 2. The first-order valence-electron chi connectivity index (χ1n) is 10.9. The van der Waals surface area contributed by atoms with Crippen molar-refractivity contribution >= 4 is 39.1 Å². The molecule has 0 atom stereocenters. The van der Waals surface area contributed by atoms with E-state index in [1.807, 2.05) is 24.5 Å². The van der Waals surface area contributed by atoms with Gasteiger partial charge in [-0.2, -0.15) is 4.31 Å². The van der Waals surface area contributed by atoms with E-state index in [1.54, 1.807) is 36.0 Å². The lowest BCUT2D eigenvalue weighted by molar-refractivity contribution is 0.0730. The van der Waals surface area contributed by atoms with Crippen molar-refractivity contribution in [3.8, 4) is 0 Å². The van der Waals surface area contributed by atoms with Crippen LogP contribution in [0.5, 0.6) is 0 Å². The molecule has 9 heteroatoms. The Morgan fingerprint density at radius 3 is 2.31 bits per heavy atom. The third-order valence-corrected chi connectivity index (χ3v) is 8.51. The van der Waals surface area contributed by atoms with Crippen LogP contribution in [0.3, 0.4) is 0 Å². The normalized spacial score (nSPS) is 17.8. The van der Waals surface area contributed by atoms with E-state index < -0.39 is 10.0 Å². The van der Waals surface area contributed by atoms with Crippen molar-refractivity contribution < 1.29 is 17.9 Å². The van der Waals surface area contributed by atoms with Gasteiger partial charge in [-0.1, -0.05) is 0 Å². The maximum atomic E-state index is 13.2. The van der Waals surface area contributed by atoms with Crippen LogP contribution in [-0.4, -0.2) is 64.3 Å². The van der Waals surface area contributed by atoms with Gasteiger partial charge >= 0.3 is 0 Å². The van der Waals surface area contributed by atoms with E-state index in [1.165, 1.54) is 10.7 Å². The van der Waals surface area contributed by atoms with E-state index in [-0.39, 0.29) is 10.8 Å². The number of nitrogens with zero attached hydrogens (tertiary/aromatic N) is 2. The summed E-state index contributed by atoms with van der Waals surface area (Å²) in [6.07, 6.45) is 5.33. The largest absolute Gasteiger partial charge is 0.379 e. The van der Waals surface area contributed by atoms with Crippen molar-refractivity contribution in [2.45, 2.75) is 29.1 Å². The Balaban J connectivity index is 1.66. The second kappa shape index (κ2) is 10.2. The molecule has 1 N–H and O–H groups in total. The van der Waals surface area contributed by atoms with Crippen LogP contribution in [0.2, 0.25) is 0 Å². The molecular formula is C23H29N3O4S2. The van der Waals surface area contributed by atoms with Crippen molar-refractivity contribution in [3.05, 3.63) is 48.0 Å². The number of anilines is 2. The average molecular weight is 476 g/mol. The van der Waals surface area contributed by atoms with Crippen LogP contribution in [0.15, 0.2) is 52.3 Å². The van der Waals surface area contributed by atoms with Crippen molar-refractivity contribution in [1.82, 2.24) is 4.31 Å². The molecular weight excluding hydrogens is 446 g/mol. The monoisotopic (exact) mass is 475 g/mol. The fourth-order valence-corrected chi connectivity index (χ4v) is 5.90. The highest BCUT2D eigenvalue weighted by Crippen LogP contribution is 2.32. The number of piperidine rings is 1. The Morgan fingerprint density at radius 2 is 1.66 bits per heavy atom. The van der Waals surface area contributed by atoms with Gasteiger partial charge in [-0.15, -0.1) is 11.8 Å². The number of ether oxygens (including phenoxy) is 1. The zero-order chi connectivity index (χ0) is 22.6. The minimum Gasteiger partial charge on any atom is -0.379 e. The van der Waals surface area contributed by atoms with E-state index in [2.05, 4.69) is 10.2 Å². The smallest absolute Gasteiger partial charge is 0.255 e. The highest BCUT2D eigenvalue weighted by Gasteiger charge is 2.28. The van der Waals surface area contributed by atoms with Crippen LogP contribution in [0.1, 0.15) is 29.6 Å². The summed E-state index contributed by atoms with van der Waals surface area (Å²) in [7, 11) is -3.66. The van der Waals surface area contributed by atoms with Gasteiger partial charge in [-0.3, -0.25) is 4.79 Å². The molecule has 2 aromatic carbocycles. The second-order valence-electron chi connectivity index (χ2n) is 7.93. The van der Waals surface area contributed by atoms with Crippen LogP contribution < -0.4 is 10.2 Å². The minimum absolute atomic E-state index is 0.188. The van der Waals surface area contributed by atoms with E-state index in [9.17, 15) is 13.2 Å². The molecule has 172 valence electrons. The van der Waals surface area contributed by atoms with Gasteiger partial charge in [0.05, 0.1) is 29.5 Å². The van der Waals surface area contributed by atoms with Gasteiger partial charge in [0.1, 0.15) is 0 Å². The molecule has 0 aromatic heterocycles. The number of rotatable bonds is 6. The summed E-state index contributed by atoms with van der Waals surface area (Å²) in [6, 6.07) is 12.5. The number of thioether (sulfide) groups is 1. The average Bonchev–Trinajstić information content (AvgIpc) is 2.85. The number of carbonyl (C=O) groups is 1. The van der Waals surface area contributed by atoms with Crippen LogP contribution >= 0.6 is 11.8 Å². The fraction of sp³-hybridized carbons (Fsp3) is 0.435. The summed E-state index contributed by atoms with van der Waals surface area (Å²) >= 11 is 1.61. The highest BCUT2D eigenvalue weighted by atomic mass is 32.2. The van der Waals surface area contributed by atoms with Gasteiger partial charge in [0.25, 0.3) is 5.91 Å². The molecule has 2 aromatic rings. The Hall–Kier alpha value is -2.07. The highest BCUT2D eigenvalue weighted by molar-refractivity contribution is 7.98. The second-order valence-corrected chi connectivity index (χ2v) is 10.7. The zero-order valence-electron chi connectivity index (χ0n) is 18.2. The maximum Gasteiger partial charge on any atom is 0.255 e. The summed E-state index contributed by atoms with van der Waals surface area (Å²) in [6.45, 7) is 3.22. The van der Waals surface area contributed by atoms with Crippen molar-refractivity contribution in [3.63, 3.8) is 0 Å². The van der Waals surface area contributed by atoms with Crippen LogP contribution in [0, 0.1) is 0 Å². The van der Waals surface area contributed by atoms with Gasteiger partial charge in [0.15, 0.2) is 0 Å². The molecule has 0 spiro atoms. The molecule has 4 rings (SSSR count). The Bertz CT molecular complexity index is 1050. The minimum atomic E-state index is -3.66. The Labute approximate surface area is 194 Å². The number of hydrogen-bond donors (Lipinski definition) is 1. The number of carbonyl (C=O) groups excluding carboxylic acids is 1. The van der Waals surface area contributed by atoms with Gasteiger partial charge < -0.3 is 15.0 Å². The molecule has 1 amide bonds. The summed E-state index contributed by atoms with van der Waals surface area (Å²) < 4.78 is 33.1. The maximum absolute atomic E-state index is 13.2. The molecule has 0 aliphatic carbocycles. The first-order valence-corrected chi connectivity index (χ1v) is 13.6. The predicted molar refractivity (Wildman–Crippen MR) is 128 cm³/mol. The quantitative estimate of drug-likeness (QED) is 0.643. The number of amides is 1. The Morgan fingerprint density at radius 1 is 0.969 bits per heavy atom.